The smallest absolute Gasteiger partial charge is 0.305 e. The number of carbonyl (C=O) groups excluding carboxylic acids is 1. The highest BCUT2D eigenvalue weighted by atomic mass is 16.5. The average molecular weight is 360 g/mol. The summed E-state index contributed by atoms with van der Waals surface area (Å²) in [5, 5.41) is 20.7. The van der Waals surface area contributed by atoms with Gasteiger partial charge < -0.3 is 14.9 Å². The second kappa shape index (κ2) is 9.94. The average Bonchev–Trinajstić information content (AvgIpc) is 3.13. The zero-order chi connectivity index (χ0) is 19.1. The third-order valence-corrected chi connectivity index (χ3v) is 5.83. The molecule has 0 bridgehead atoms. The maximum absolute atomic E-state index is 11.2. The van der Waals surface area contributed by atoms with E-state index < -0.39 is 6.10 Å². The van der Waals surface area contributed by atoms with E-state index in [9.17, 15) is 15.0 Å². The molecule has 144 valence electrons. The number of aliphatic hydroxyl groups is 2. The lowest BCUT2D eigenvalue weighted by Crippen LogP contribution is -2.19. The molecule has 0 heterocycles. The summed E-state index contributed by atoms with van der Waals surface area (Å²) in [5.41, 5.74) is 1.39. The molecule has 1 unspecified atom stereocenters. The van der Waals surface area contributed by atoms with Crippen LogP contribution in [0.1, 0.15) is 52.4 Å². The quantitative estimate of drug-likeness (QED) is 0.415. The second-order valence-electron chi connectivity index (χ2n) is 7.67. The first kappa shape index (κ1) is 20.7. The molecule has 2 rings (SSSR count). The Morgan fingerprint density at radius 3 is 2.88 bits per heavy atom. The van der Waals surface area contributed by atoms with Gasteiger partial charge in [0.25, 0.3) is 0 Å². The molecule has 26 heavy (non-hydrogen) atoms. The molecule has 0 aliphatic heterocycles. The van der Waals surface area contributed by atoms with Crippen molar-refractivity contribution in [2.75, 3.05) is 7.11 Å². The van der Waals surface area contributed by atoms with Gasteiger partial charge in [-0.25, -0.2) is 0 Å². The predicted molar refractivity (Wildman–Crippen MR) is 102 cm³/mol. The van der Waals surface area contributed by atoms with Gasteiger partial charge in [0.15, 0.2) is 0 Å². The minimum atomic E-state index is -0.529. The Bertz CT molecular complexity index is 595. The van der Waals surface area contributed by atoms with Crippen LogP contribution in [0, 0.1) is 35.5 Å². The molecule has 2 saturated carbocycles. The number of hydrogen-bond donors (Lipinski definition) is 2. The minimum Gasteiger partial charge on any atom is -0.469 e. The van der Waals surface area contributed by atoms with Gasteiger partial charge >= 0.3 is 5.97 Å². The van der Waals surface area contributed by atoms with Crippen LogP contribution in [0.3, 0.4) is 0 Å². The summed E-state index contributed by atoms with van der Waals surface area (Å²) in [6.45, 7) is 3.80. The Morgan fingerprint density at radius 2 is 2.19 bits per heavy atom. The molecule has 0 aromatic rings. The molecule has 0 amide bonds. The van der Waals surface area contributed by atoms with E-state index in [-0.39, 0.29) is 23.9 Å². The number of carbonyl (C=O) groups is 1. The number of ether oxygens (including phenoxy) is 1. The van der Waals surface area contributed by atoms with Crippen LogP contribution >= 0.6 is 0 Å². The summed E-state index contributed by atoms with van der Waals surface area (Å²) >= 11 is 0. The van der Waals surface area contributed by atoms with Crippen molar-refractivity contribution in [3.63, 3.8) is 0 Å². The zero-order valence-corrected chi connectivity index (χ0v) is 16.1. The monoisotopic (exact) mass is 360 g/mol. The van der Waals surface area contributed by atoms with Crippen LogP contribution in [0.2, 0.25) is 0 Å². The molecule has 4 nitrogen and oxygen atoms in total. The van der Waals surface area contributed by atoms with Gasteiger partial charge in [0, 0.05) is 18.8 Å². The number of hydrogen-bond acceptors (Lipinski definition) is 4. The molecule has 6 atom stereocenters. The van der Waals surface area contributed by atoms with E-state index in [0.717, 1.165) is 25.7 Å². The third-order valence-electron chi connectivity index (χ3n) is 5.83. The van der Waals surface area contributed by atoms with Crippen LogP contribution in [0.5, 0.6) is 0 Å². The van der Waals surface area contributed by atoms with Gasteiger partial charge in [-0.2, -0.15) is 0 Å². The van der Waals surface area contributed by atoms with E-state index in [1.165, 1.54) is 12.7 Å². The lowest BCUT2D eigenvalue weighted by molar-refractivity contribution is -0.140. The maximum atomic E-state index is 11.2. The molecule has 0 saturated heterocycles. The molecule has 2 N–H and O–H groups in total. The lowest BCUT2D eigenvalue weighted by atomic mass is 9.89. The first-order chi connectivity index (χ1) is 12.5. The Morgan fingerprint density at radius 1 is 1.42 bits per heavy atom. The van der Waals surface area contributed by atoms with E-state index in [1.807, 2.05) is 19.1 Å². The Labute approximate surface area is 157 Å². The predicted octanol–water partition coefficient (Wildman–Crippen LogP) is 3.24. The van der Waals surface area contributed by atoms with Gasteiger partial charge in [0.1, 0.15) is 0 Å². The van der Waals surface area contributed by atoms with Gasteiger partial charge in [0.2, 0.25) is 0 Å². The molecule has 2 fully saturated rings. The molecular formula is C22H32O4. The Kier molecular flexibility index (Phi) is 7.93. The highest BCUT2D eigenvalue weighted by Gasteiger charge is 2.44. The van der Waals surface area contributed by atoms with Crippen LogP contribution in [-0.2, 0) is 9.53 Å². The van der Waals surface area contributed by atoms with Gasteiger partial charge in [-0.3, -0.25) is 4.79 Å². The second-order valence-corrected chi connectivity index (χ2v) is 7.67. The number of allylic oxidation sites excluding steroid dienone is 2. The number of rotatable bonds is 7. The standard InChI is InChI=1S/C22H32O4/c1-4-5-7-15(2)20(23)11-10-18-19-13-16(8-6-9-22(25)26-3)12-17(19)14-21(18)24/h8,10-11,15,17-21,23-24H,6-7,9,12-14H2,1-3H3/b11-10+,16-8-/t15-,17?,18-,19+,20-,21-/m1/s1. The summed E-state index contributed by atoms with van der Waals surface area (Å²) in [4.78, 5) is 11.2. The van der Waals surface area contributed by atoms with Gasteiger partial charge in [-0.15, -0.1) is 11.8 Å². The summed E-state index contributed by atoms with van der Waals surface area (Å²) in [6, 6.07) is 0. The van der Waals surface area contributed by atoms with Crippen LogP contribution in [0.4, 0.5) is 0 Å². The van der Waals surface area contributed by atoms with Crippen molar-refractivity contribution in [1.29, 1.82) is 0 Å². The molecule has 2 aliphatic rings. The van der Waals surface area contributed by atoms with Gasteiger partial charge in [-0.1, -0.05) is 30.7 Å². The van der Waals surface area contributed by atoms with E-state index >= 15 is 0 Å². The maximum Gasteiger partial charge on any atom is 0.305 e. The number of aliphatic hydroxyl groups excluding tert-OH is 2. The van der Waals surface area contributed by atoms with Crippen LogP contribution in [-0.4, -0.2) is 35.5 Å². The fraction of sp³-hybridized carbons (Fsp3) is 0.682. The molecule has 0 spiro atoms. The fourth-order valence-electron chi connectivity index (χ4n) is 4.25. The number of fused-ring (bicyclic) bond motifs is 1. The highest BCUT2D eigenvalue weighted by molar-refractivity contribution is 5.69. The topological polar surface area (TPSA) is 66.8 Å². The first-order valence-electron chi connectivity index (χ1n) is 9.65. The van der Waals surface area contributed by atoms with Crippen molar-refractivity contribution in [3.8, 4) is 11.8 Å². The van der Waals surface area contributed by atoms with Crippen molar-refractivity contribution in [2.24, 2.45) is 23.7 Å². The summed E-state index contributed by atoms with van der Waals surface area (Å²) in [7, 11) is 1.41. The SMILES string of the molecule is CC#CC[C@@H](C)[C@H](O)/C=C/[C@H]1[C@H](O)CC2C/C(=C/CCC(=O)OC)C[C@@H]21. The third kappa shape index (κ3) is 5.46. The van der Waals surface area contributed by atoms with Crippen molar-refractivity contribution in [3.05, 3.63) is 23.8 Å². The summed E-state index contributed by atoms with van der Waals surface area (Å²) in [5.74, 6) is 6.82. The summed E-state index contributed by atoms with van der Waals surface area (Å²) < 4.78 is 4.68. The van der Waals surface area contributed by atoms with E-state index in [4.69, 9.17) is 0 Å². The number of methoxy groups -OCH3 is 1. The van der Waals surface area contributed by atoms with Crippen molar-refractivity contribution in [2.45, 2.75) is 64.6 Å². The van der Waals surface area contributed by atoms with Crippen LogP contribution in [0.25, 0.3) is 0 Å². The lowest BCUT2D eigenvalue weighted by Gasteiger charge is -2.19. The van der Waals surface area contributed by atoms with Crippen molar-refractivity contribution in [1.82, 2.24) is 0 Å². The van der Waals surface area contributed by atoms with E-state index in [1.54, 1.807) is 6.92 Å². The molecule has 0 aromatic heterocycles. The molecule has 2 aliphatic carbocycles. The zero-order valence-electron chi connectivity index (χ0n) is 16.1. The molecular weight excluding hydrogens is 328 g/mol. The Balaban J connectivity index is 1.91. The Hall–Kier alpha value is -1.57. The highest BCUT2D eigenvalue weighted by Crippen LogP contribution is 2.50. The molecule has 0 aromatic carbocycles. The first-order valence-corrected chi connectivity index (χ1v) is 9.65. The van der Waals surface area contributed by atoms with E-state index in [2.05, 4.69) is 22.7 Å². The van der Waals surface area contributed by atoms with Gasteiger partial charge in [-0.05, 0) is 50.4 Å². The largest absolute Gasteiger partial charge is 0.469 e. The molecule has 0 radical (unpaired) electrons. The normalized spacial score (nSPS) is 31.5. The van der Waals surface area contributed by atoms with Crippen molar-refractivity contribution < 1.29 is 19.7 Å². The fourth-order valence-corrected chi connectivity index (χ4v) is 4.25. The van der Waals surface area contributed by atoms with Crippen molar-refractivity contribution >= 4 is 5.97 Å². The van der Waals surface area contributed by atoms with Crippen LogP contribution in [0.15, 0.2) is 23.8 Å². The summed E-state index contributed by atoms with van der Waals surface area (Å²) in [6.07, 6.45) is 9.81. The van der Waals surface area contributed by atoms with E-state index in [0.29, 0.717) is 24.7 Å². The molecule has 4 heteroatoms. The van der Waals surface area contributed by atoms with Gasteiger partial charge in [0.05, 0.1) is 19.3 Å². The minimum absolute atomic E-state index is 0.0883. The number of esters is 1. The van der Waals surface area contributed by atoms with Crippen LogP contribution < -0.4 is 0 Å².